The molecule has 0 aromatic rings. The monoisotopic (exact) mass is 200 g/mol. The van der Waals surface area contributed by atoms with Crippen LogP contribution in [0.5, 0.6) is 0 Å². The molecular formula is C11H24N2O. The predicted octanol–water partition coefficient (Wildman–Crippen LogP) is 1.63. The zero-order valence-electron chi connectivity index (χ0n) is 9.81. The van der Waals surface area contributed by atoms with Crippen LogP contribution in [0.4, 0.5) is 0 Å². The van der Waals surface area contributed by atoms with E-state index in [9.17, 15) is 4.79 Å². The molecule has 0 aliphatic carbocycles. The van der Waals surface area contributed by atoms with Gasteiger partial charge in [-0.05, 0) is 33.0 Å². The molecule has 0 aromatic carbocycles. The Kier molecular flexibility index (Phi) is 8.64. The summed E-state index contributed by atoms with van der Waals surface area (Å²) in [6, 6.07) is 0. The first-order valence-electron chi connectivity index (χ1n) is 5.59. The summed E-state index contributed by atoms with van der Waals surface area (Å²) < 4.78 is 0. The van der Waals surface area contributed by atoms with E-state index in [4.69, 9.17) is 0 Å². The molecule has 0 aliphatic rings. The largest absolute Gasteiger partial charge is 0.356 e. The van der Waals surface area contributed by atoms with Gasteiger partial charge in [0.25, 0.3) is 0 Å². The second-order valence-corrected chi connectivity index (χ2v) is 3.85. The standard InChI is InChI=1S/C11H24N2O/c1-4-5-6-9-13(3)10-7-8-12-11(2)14/h4-10H2,1-3H3,(H,12,14). The van der Waals surface area contributed by atoms with Crippen molar-refractivity contribution in [3.63, 3.8) is 0 Å². The van der Waals surface area contributed by atoms with Gasteiger partial charge in [0, 0.05) is 13.5 Å². The van der Waals surface area contributed by atoms with Crippen molar-refractivity contribution in [2.24, 2.45) is 0 Å². The van der Waals surface area contributed by atoms with Gasteiger partial charge in [-0.3, -0.25) is 4.79 Å². The molecule has 1 amide bonds. The highest BCUT2D eigenvalue weighted by Gasteiger charge is 1.97. The van der Waals surface area contributed by atoms with Gasteiger partial charge in [-0.15, -0.1) is 0 Å². The molecule has 0 aliphatic heterocycles. The summed E-state index contributed by atoms with van der Waals surface area (Å²) in [5.74, 6) is 0.0682. The van der Waals surface area contributed by atoms with Crippen LogP contribution >= 0.6 is 0 Å². The van der Waals surface area contributed by atoms with Crippen LogP contribution in [-0.4, -0.2) is 37.5 Å². The zero-order chi connectivity index (χ0) is 10.8. The molecular weight excluding hydrogens is 176 g/mol. The number of carbonyl (C=O) groups is 1. The average molecular weight is 200 g/mol. The molecule has 14 heavy (non-hydrogen) atoms. The summed E-state index contributed by atoms with van der Waals surface area (Å²) >= 11 is 0. The maximum Gasteiger partial charge on any atom is 0.216 e. The molecule has 84 valence electrons. The van der Waals surface area contributed by atoms with Crippen molar-refractivity contribution in [2.45, 2.75) is 39.5 Å². The summed E-state index contributed by atoms with van der Waals surface area (Å²) in [4.78, 5) is 12.9. The average Bonchev–Trinajstić information content (AvgIpc) is 2.13. The lowest BCUT2D eigenvalue weighted by molar-refractivity contribution is -0.118. The van der Waals surface area contributed by atoms with Gasteiger partial charge in [-0.1, -0.05) is 19.8 Å². The first-order valence-corrected chi connectivity index (χ1v) is 5.59. The summed E-state index contributed by atoms with van der Waals surface area (Å²) in [7, 11) is 2.14. The normalized spacial score (nSPS) is 10.6. The van der Waals surface area contributed by atoms with Crippen molar-refractivity contribution in [2.75, 3.05) is 26.7 Å². The summed E-state index contributed by atoms with van der Waals surface area (Å²) in [6.45, 7) is 6.83. The predicted molar refractivity (Wildman–Crippen MR) is 60.3 cm³/mol. The highest BCUT2D eigenvalue weighted by molar-refractivity contribution is 5.72. The Morgan fingerprint density at radius 3 is 2.43 bits per heavy atom. The summed E-state index contributed by atoms with van der Waals surface area (Å²) in [5, 5.41) is 2.80. The van der Waals surface area contributed by atoms with Gasteiger partial charge in [0.15, 0.2) is 0 Å². The van der Waals surface area contributed by atoms with E-state index < -0.39 is 0 Å². The van der Waals surface area contributed by atoms with Crippen molar-refractivity contribution in [3.8, 4) is 0 Å². The third-order valence-electron chi connectivity index (χ3n) is 2.23. The molecule has 0 heterocycles. The molecule has 0 unspecified atom stereocenters. The quantitative estimate of drug-likeness (QED) is 0.604. The second-order valence-electron chi connectivity index (χ2n) is 3.85. The van der Waals surface area contributed by atoms with E-state index in [1.54, 1.807) is 6.92 Å². The Hall–Kier alpha value is -0.570. The van der Waals surface area contributed by atoms with Gasteiger partial charge < -0.3 is 10.2 Å². The van der Waals surface area contributed by atoms with Crippen molar-refractivity contribution in [1.82, 2.24) is 10.2 Å². The number of hydrogen-bond acceptors (Lipinski definition) is 2. The second kappa shape index (κ2) is 9.00. The maximum atomic E-state index is 10.6. The molecule has 0 aromatic heterocycles. The van der Waals surface area contributed by atoms with E-state index in [2.05, 4.69) is 24.2 Å². The van der Waals surface area contributed by atoms with Crippen molar-refractivity contribution < 1.29 is 4.79 Å². The molecule has 0 rings (SSSR count). The minimum absolute atomic E-state index is 0.0682. The van der Waals surface area contributed by atoms with Crippen molar-refractivity contribution in [3.05, 3.63) is 0 Å². The first kappa shape index (κ1) is 13.4. The van der Waals surface area contributed by atoms with E-state index in [1.165, 1.54) is 25.8 Å². The fourth-order valence-electron chi connectivity index (χ4n) is 1.36. The van der Waals surface area contributed by atoms with Crippen LogP contribution in [0.25, 0.3) is 0 Å². The number of amides is 1. The van der Waals surface area contributed by atoms with Crippen LogP contribution in [-0.2, 0) is 4.79 Å². The number of nitrogens with zero attached hydrogens (tertiary/aromatic N) is 1. The molecule has 0 fully saturated rings. The van der Waals surface area contributed by atoms with Gasteiger partial charge in [-0.25, -0.2) is 0 Å². The molecule has 1 N–H and O–H groups in total. The van der Waals surface area contributed by atoms with Crippen LogP contribution in [0, 0.1) is 0 Å². The van der Waals surface area contributed by atoms with E-state index >= 15 is 0 Å². The van der Waals surface area contributed by atoms with Gasteiger partial charge in [0.2, 0.25) is 5.91 Å². The fraction of sp³-hybridized carbons (Fsp3) is 0.909. The van der Waals surface area contributed by atoms with Crippen LogP contribution < -0.4 is 5.32 Å². The number of carbonyl (C=O) groups excluding carboxylic acids is 1. The Balaban J connectivity index is 3.18. The molecule has 3 nitrogen and oxygen atoms in total. The molecule has 0 saturated carbocycles. The Labute approximate surface area is 87.9 Å². The van der Waals surface area contributed by atoms with Crippen LogP contribution in [0.3, 0.4) is 0 Å². The van der Waals surface area contributed by atoms with Crippen molar-refractivity contribution in [1.29, 1.82) is 0 Å². The summed E-state index contributed by atoms with van der Waals surface area (Å²) in [6.07, 6.45) is 4.92. The molecule has 0 spiro atoms. The fourth-order valence-corrected chi connectivity index (χ4v) is 1.36. The summed E-state index contributed by atoms with van der Waals surface area (Å²) in [5.41, 5.74) is 0. The van der Waals surface area contributed by atoms with Gasteiger partial charge in [-0.2, -0.15) is 0 Å². The molecule has 0 saturated heterocycles. The lowest BCUT2D eigenvalue weighted by Crippen LogP contribution is -2.27. The Bertz CT molecular complexity index is 148. The van der Waals surface area contributed by atoms with E-state index in [1.807, 2.05) is 0 Å². The lowest BCUT2D eigenvalue weighted by atomic mass is 10.2. The number of rotatable bonds is 8. The molecule has 0 bridgehead atoms. The van der Waals surface area contributed by atoms with Gasteiger partial charge in [0.05, 0.1) is 0 Å². The third-order valence-corrected chi connectivity index (χ3v) is 2.23. The van der Waals surface area contributed by atoms with E-state index in [0.717, 1.165) is 19.5 Å². The minimum atomic E-state index is 0.0682. The smallest absolute Gasteiger partial charge is 0.216 e. The Morgan fingerprint density at radius 2 is 1.86 bits per heavy atom. The molecule has 3 heteroatoms. The van der Waals surface area contributed by atoms with Gasteiger partial charge in [0.1, 0.15) is 0 Å². The molecule has 0 atom stereocenters. The van der Waals surface area contributed by atoms with Crippen LogP contribution in [0.2, 0.25) is 0 Å². The first-order chi connectivity index (χ1) is 6.66. The lowest BCUT2D eigenvalue weighted by Gasteiger charge is -2.15. The SMILES string of the molecule is CCCCCN(C)CCCNC(C)=O. The van der Waals surface area contributed by atoms with E-state index in [-0.39, 0.29) is 5.91 Å². The number of unbranched alkanes of at least 4 members (excludes halogenated alkanes) is 2. The number of nitrogens with one attached hydrogen (secondary N) is 1. The van der Waals surface area contributed by atoms with Gasteiger partial charge >= 0.3 is 0 Å². The maximum absolute atomic E-state index is 10.6. The topological polar surface area (TPSA) is 32.3 Å². The molecule has 0 radical (unpaired) electrons. The van der Waals surface area contributed by atoms with Crippen LogP contribution in [0.15, 0.2) is 0 Å². The van der Waals surface area contributed by atoms with E-state index in [0.29, 0.717) is 0 Å². The minimum Gasteiger partial charge on any atom is -0.356 e. The van der Waals surface area contributed by atoms with Crippen molar-refractivity contribution >= 4 is 5.91 Å². The van der Waals surface area contributed by atoms with Crippen LogP contribution in [0.1, 0.15) is 39.5 Å². The Morgan fingerprint density at radius 1 is 1.21 bits per heavy atom. The highest BCUT2D eigenvalue weighted by Crippen LogP contribution is 1.96. The highest BCUT2D eigenvalue weighted by atomic mass is 16.1. The zero-order valence-corrected chi connectivity index (χ0v) is 9.81. The number of hydrogen-bond donors (Lipinski definition) is 1. The third kappa shape index (κ3) is 9.52.